The van der Waals surface area contributed by atoms with E-state index in [1.54, 1.807) is 4.90 Å². The van der Waals surface area contributed by atoms with Crippen LogP contribution < -0.4 is 11.2 Å². The van der Waals surface area contributed by atoms with Gasteiger partial charge in [0, 0.05) is 33.3 Å². The minimum absolute atomic E-state index is 0.159. The monoisotopic (exact) mass is 341 g/mol. The molecule has 3 rings (SSSR count). The molecule has 1 unspecified atom stereocenters. The molecular formula is C19H23N3O3. The highest BCUT2D eigenvalue weighted by molar-refractivity contribution is 5.92. The largest absolute Gasteiger partial charge is 0.337 e. The molecule has 6 nitrogen and oxygen atoms in total. The first kappa shape index (κ1) is 17.2. The fraction of sp³-hybridized carbons (Fsp3) is 0.421. The molecule has 1 aromatic heterocycles. The number of amides is 1. The summed E-state index contributed by atoms with van der Waals surface area (Å²) in [6, 6.07) is 11.6. The molecule has 0 aliphatic carbocycles. The smallest absolute Gasteiger partial charge is 0.331 e. The topological polar surface area (TPSA) is 64.3 Å². The first-order chi connectivity index (χ1) is 12.0. The molecule has 1 aliphatic rings. The van der Waals surface area contributed by atoms with E-state index in [4.69, 9.17) is 0 Å². The van der Waals surface area contributed by atoms with Gasteiger partial charge in [0.15, 0.2) is 0 Å². The second-order valence-electron chi connectivity index (χ2n) is 6.60. The van der Waals surface area contributed by atoms with Crippen LogP contribution >= 0.6 is 0 Å². The van der Waals surface area contributed by atoms with Gasteiger partial charge in [0.05, 0.1) is 0 Å². The van der Waals surface area contributed by atoms with Crippen molar-refractivity contribution in [2.24, 2.45) is 14.1 Å². The number of benzene rings is 1. The zero-order chi connectivity index (χ0) is 18.0. The summed E-state index contributed by atoms with van der Waals surface area (Å²) >= 11 is 0. The number of carbonyl (C=O) groups excluding carboxylic acids is 1. The molecule has 1 aromatic carbocycles. The summed E-state index contributed by atoms with van der Waals surface area (Å²) in [4.78, 5) is 38.6. The van der Waals surface area contributed by atoms with Crippen molar-refractivity contribution in [3.05, 3.63) is 68.5 Å². The number of carbonyl (C=O) groups is 1. The van der Waals surface area contributed by atoms with Gasteiger partial charge in [0.25, 0.3) is 11.5 Å². The van der Waals surface area contributed by atoms with Crippen LogP contribution in [0.15, 0.2) is 46.0 Å². The molecule has 0 radical (unpaired) electrons. The van der Waals surface area contributed by atoms with Gasteiger partial charge < -0.3 is 4.90 Å². The first-order valence-corrected chi connectivity index (χ1v) is 8.60. The van der Waals surface area contributed by atoms with Crippen LogP contribution in [0.3, 0.4) is 0 Å². The van der Waals surface area contributed by atoms with Crippen LogP contribution in [0, 0.1) is 0 Å². The maximum absolute atomic E-state index is 12.9. The van der Waals surface area contributed by atoms with Crippen LogP contribution in [0.2, 0.25) is 0 Å². The number of hydrogen-bond donors (Lipinski definition) is 0. The Hall–Kier alpha value is -2.63. The minimum atomic E-state index is -0.479. The second-order valence-corrected chi connectivity index (χ2v) is 6.60. The Morgan fingerprint density at radius 3 is 2.44 bits per heavy atom. The summed E-state index contributed by atoms with van der Waals surface area (Å²) in [5, 5.41) is 0. The molecule has 1 fully saturated rings. The molecule has 1 amide bonds. The average Bonchev–Trinajstić information content (AvgIpc) is 2.89. The van der Waals surface area contributed by atoms with Crippen LogP contribution in [0.4, 0.5) is 0 Å². The molecule has 6 heteroatoms. The van der Waals surface area contributed by atoms with Crippen molar-refractivity contribution in [1.29, 1.82) is 0 Å². The molecule has 2 aromatic rings. The predicted molar refractivity (Wildman–Crippen MR) is 95.9 cm³/mol. The van der Waals surface area contributed by atoms with Gasteiger partial charge in [-0.3, -0.25) is 18.7 Å². The fourth-order valence-corrected chi connectivity index (χ4v) is 3.46. The summed E-state index contributed by atoms with van der Waals surface area (Å²) in [6.07, 6.45) is 2.82. The number of hydrogen-bond acceptors (Lipinski definition) is 3. The number of nitrogens with zero attached hydrogens (tertiary/aromatic N) is 3. The van der Waals surface area contributed by atoms with Gasteiger partial charge in [0.1, 0.15) is 5.69 Å². The van der Waals surface area contributed by atoms with E-state index in [2.05, 4.69) is 12.1 Å². The maximum atomic E-state index is 12.9. The van der Waals surface area contributed by atoms with Gasteiger partial charge in [-0.1, -0.05) is 30.3 Å². The number of rotatable bonds is 2. The third kappa shape index (κ3) is 3.43. The Balaban J connectivity index is 1.80. The van der Waals surface area contributed by atoms with E-state index in [1.807, 2.05) is 18.2 Å². The summed E-state index contributed by atoms with van der Waals surface area (Å²) < 4.78 is 2.26. The van der Waals surface area contributed by atoms with Gasteiger partial charge in [-0.2, -0.15) is 0 Å². The number of likely N-dealkylation sites (tertiary alicyclic amines) is 1. The Bertz CT molecular complexity index is 883. The van der Waals surface area contributed by atoms with E-state index < -0.39 is 11.2 Å². The highest BCUT2D eigenvalue weighted by Gasteiger charge is 2.24. The molecule has 132 valence electrons. The van der Waals surface area contributed by atoms with Crippen molar-refractivity contribution < 1.29 is 4.79 Å². The van der Waals surface area contributed by atoms with Gasteiger partial charge in [0.2, 0.25) is 0 Å². The maximum Gasteiger partial charge on any atom is 0.331 e. The first-order valence-electron chi connectivity index (χ1n) is 8.60. The van der Waals surface area contributed by atoms with E-state index in [0.717, 1.165) is 23.8 Å². The predicted octanol–water partition coefficient (Wildman–Crippen LogP) is 1.49. The molecular weight excluding hydrogens is 318 g/mol. The Labute approximate surface area is 146 Å². The number of aromatic nitrogens is 2. The van der Waals surface area contributed by atoms with Crippen molar-refractivity contribution in [3.63, 3.8) is 0 Å². The summed E-state index contributed by atoms with van der Waals surface area (Å²) in [5.74, 6) is 0.192. The summed E-state index contributed by atoms with van der Waals surface area (Å²) in [6.45, 7) is 1.27. The molecule has 0 bridgehead atoms. The van der Waals surface area contributed by atoms with Crippen molar-refractivity contribution >= 4 is 5.91 Å². The fourth-order valence-electron chi connectivity index (χ4n) is 3.46. The Morgan fingerprint density at radius 1 is 1.00 bits per heavy atom. The molecule has 0 saturated carbocycles. The van der Waals surface area contributed by atoms with Crippen molar-refractivity contribution in [3.8, 4) is 0 Å². The molecule has 1 atom stereocenters. The Morgan fingerprint density at radius 2 is 1.72 bits per heavy atom. The van der Waals surface area contributed by atoms with Gasteiger partial charge >= 0.3 is 5.69 Å². The van der Waals surface area contributed by atoms with E-state index in [9.17, 15) is 14.4 Å². The van der Waals surface area contributed by atoms with Crippen molar-refractivity contribution in [2.75, 3.05) is 13.1 Å². The van der Waals surface area contributed by atoms with Gasteiger partial charge in [-0.25, -0.2) is 4.79 Å². The van der Waals surface area contributed by atoms with Gasteiger partial charge in [-0.15, -0.1) is 0 Å². The third-order valence-corrected chi connectivity index (χ3v) is 5.03. The molecule has 1 saturated heterocycles. The minimum Gasteiger partial charge on any atom is -0.337 e. The van der Waals surface area contributed by atoms with Crippen molar-refractivity contribution in [1.82, 2.24) is 14.0 Å². The Kier molecular flexibility index (Phi) is 4.88. The normalized spacial score (nSPS) is 18.0. The lowest BCUT2D eigenvalue weighted by atomic mass is 9.92. The van der Waals surface area contributed by atoms with Crippen LogP contribution in [0.25, 0.3) is 0 Å². The highest BCUT2D eigenvalue weighted by Crippen LogP contribution is 2.28. The zero-order valence-corrected chi connectivity index (χ0v) is 14.6. The van der Waals surface area contributed by atoms with Gasteiger partial charge in [-0.05, 0) is 30.7 Å². The SMILES string of the molecule is Cn1c(C(=O)N2CCCC(c3ccccc3)CC2)cc(=O)n(C)c1=O. The van der Waals surface area contributed by atoms with Crippen LogP contribution in [-0.4, -0.2) is 33.0 Å². The van der Waals surface area contributed by atoms with E-state index >= 15 is 0 Å². The van der Waals surface area contributed by atoms with Crippen molar-refractivity contribution in [2.45, 2.75) is 25.2 Å². The molecule has 1 aliphatic heterocycles. The quantitative estimate of drug-likeness (QED) is 0.831. The van der Waals surface area contributed by atoms with Crippen LogP contribution in [0.1, 0.15) is 41.2 Å². The molecule has 0 N–H and O–H groups in total. The molecule has 0 spiro atoms. The highest BCUT2D eigenvalue weighted by atomic mass is 16.2. The lowest BCUT2D eigenvalue weighted by Crippen LogP contribution is -2.42. The lowest BCUT2D eigenvalue weighted by molar-refractivity contribution is 0.0749. The van der Waals surface area contributed by atoms with Crippen LogP contribution in [0.5, 0.6) is 0 Å². The standard InChI is InChI=1S/C19H23N3O3/c1-20-16(13-17(23)21(2)19(20)25)18(24)22-11-6-9-15(10-12-22)14-7-4-3-5-8-14/h3-5,7-8,13,15H,6,9-12H2,1-2H3. The lowest BCUT2D eigenvalue weighted by Gasteiger charge is -2.22. The summed E-state index contributed by atoms with van der Waals surface area (Å²) in [7, 11) is 2.94. The average molecular weight is 341 g/mol. The molecule has 2 heterocycles. The van der Waals surface area contributed by atoms with E-state index in [-0.39, 0.29) is 11.6 Å². The van der Waals surface area contributed by atoms with Crippen LogP contribution in [-0.2, 0) is 14.1 Å². The second kappa shape index (κ2) is 7.09. The summed E-state index contributed by atoms with van der Waals surface area (Å²) in [5.41, 5.74) is 0.528. The van der Waals surface area contributed by atoms with E-state index in [1.165, 1.54) is 30.3 Å². The van der Waals surface area contributed by atoms with E-state index in [0.29, 0.717) is 19.0 Å². The zero-order valence-electron chi connectivity index (χ0n) is 14.6. The molecule has 25 heavy (non-hydrogen) atoms. The third-order valence-electron chi connectivity index (χ3n) is 5.03.